The topological polar surface area (TPSA) is 84.2 Å². The van der Waals surface area contributed by atoms with Gasteiger partial charge in [-0.1, -0.05) is 6.92 Å². The van der Waals surface area contributed by atoms with Crippen LogP contribution in [0.25, 0.3) is 0 Å². The van der Waals surface area contributed by atoms with Crippen molar-refractivity contribution >= 4 is 28.2 Å². The van der Waals surface area contributed by atoms with Gasteiger partial charge in [0.15, 0.2) is 0 Å². The van der Waals surface area contributed by atoms with E-state index in [4.69, 9.17) is 5.73 Å². The lowest BCUT2D eigenvalue weighted by Crippen LogP contribution is -2.49. The molecule has 4 N–H and O–H groups in total. The van der Waals surface area contributed by atoms with Crippen LogP contribution in [0.2, 0.25) is 0 Å². The van der Waals surface area contributed by atoms with Gasteiger partial charge in [0.2, 0.25) is 5.91 Å². The molecule has 0 atom stereocenters. The van der Waals surface area contributed by atoms with E-state index in [2.05, 4.69) is 10.6 Å². The molecule has 0 saturated carbocycles. The minimum Gasteiger partial charge on any atom is -0.366 e. The summed E-state index contributed by atoms with van der Waals surface area (Å²) >= 11 is 1.28. The second-order valence-corrected chi connectivity index (χ2v) is 5.05. The Hall–Kier alpha value is -1.40. The van der Waals surface area contributed by atoms with Crippen molar-refractivity contribution in [3.8, 4) is 0 Å². The average molecular weight is 255 g/mol. The summed E-state index contributed by atoms with van der Waals surface area (Å²) in [4.78, 5) is 23.1. The van der Waals surface area contributed by atoms with Gasteiger partial charge in [0.1, 0.15) is 5.00 Å². The maximum absolute atomic E-state index is 12.0. The van der Waals surface area contributed by atoms with Gasteiger partial charge in [0.05, 0.1) is 11.1 Å². The molecule has 0 saturated heterocycles. The van der Waals surface area contributed by atoms with E-state index in [-0.39, 0.29) is 5.91 Å². The molecule has 1 rings (SSSR count). The molecule has 0 aromatic carbocycles. The van der Waals surface area contributed by atoms with Crippen LogP contribution in [-0.4, -0.2) is 23.9 Å². The Kier molecular flexibility index (Phi) is 4.25. The van der Waals surface area contributed by atoms with Crippen molar-refractivity contribution in [2.75, 3.05) is 11.9 Å². The third-order valence-corrected chi connectivity index (χ3v) is 3.17. The van der Waals surface area contributed by atoms with Crippen LogP contribution in [0, 0.1) is 0 Å². The average Bonchev–Trinajstić information content (AvgIpc) is 2.65. The number of amides is 2. The molecule has 1 aromatic rings. The maximum Gasteiger partial charge on any atom is 0.251 e. The van der Waals surface area contributed by atoms with Crippen molar-refractivity contribution in [2.24, 2.45) is 5.73 Å². The Morgan fingerprint density at radius 1 is 1.47 bits per heavy atom. The Bertz CT molecular complexity index is 426. The van der Waals surface area contributed by atoms with Gasteiger partial charge in [-0.2, -0.15) is 0 Å². The third kappa shape index (κ3) is 3.28. The second-order valence-electron chi connectivity index (χ2n) is 4.14. The summed E-state index contributed by atoms with van der Waals surface area (Å²) in [5, 5.41) is 7.98. The highest BCUT2D eigenvalue weighted by molar-refractivity contribution is 7.14. The molecule has 17 heavy (non-hydrogen) atoms. The van der Waals surface area contributed by atoms with Crippen LogP contribution < -0.4 is 16.4 Å². The van der Waals surface area contributed by atoms with E-state index in [1.54, 1.807) is 25.3 Å². The number of hydrogen-bond donors (Lipinski definition) is 3. The van der Waals surface area contributed by atoms with Gasteiger partial charge in [-0.3, -0.25) is 9.59 Å². The van der Waals surface area contributed by atoms with E-state index >= 15 is 0 Å². The Labute approximate surface area is 104 Å². The Balaban J connectivity index is 2.81. The summed E-state index contributed by atoms with van der Waals surface area (Å²) in [6.45, 7) is 6.18. The second kappa shape index (κ2) is 5.29. The summed E-state index contributed by atoms with van der Waals surface area (Å²) in [5.74, 6) is -0.730. The number of anilines is 1. The molecule has 0 aliphatic carbocycles. The quantitative estimate of drug-likeness (QED) is 0.738. The van der Waals surface area contributed by atoms with Crippen LogP contribution in [-0.2, 0) is 4.79 Å². The number of nitrogens with one attached hydrogen (secondary N) is 2. The molecule has 0 unspecified atom stereocenters. The molecule has 0 aliphatic heterocycles. The molecule has 5 nitrogen and oxygen atoms in total. The largest absolute Gasteiger partial charge is 0.366 e. The van der Waals surface area contributed by atoms with Gasteiger partial charge in [0.25, 0.3) is 5.91 Å². The van der Waals surface area contributed by atoms with Crippen molar-refractivity contribution in [3.05, 3.63) is 17.0 Å². The molecular formula is C11H17N3O2S. The summed E-state index contributed by atoms with van der Waals surface area (Å²) in [7, 11) is 0. The summed E-state index contributed by atoms with van der Waals surface area (Å²) in [6.07, 6.45) is 0. The van der Waals surface area contributed by atoms with Crippen LogP contribution in [0.1, 0.15) is 31.1 Å². The zero-order valence-corrected chi connectivity index (χ0v) is 11.0. The summed E-state index contributed by atoms with van der Waals surface area (Å²) in [5.41, 5.74) is 4.86. The third-order valence-electron chi connectivity index (χ3n) is 2.34. The molecule has 0 spiro atoms. The first-order chi connectivity index (χ1) is 7.88. The number of carbonyl (C=O) groups excluding carboxylic acids is 2. The minimum atomic E-state index is -0.687. The van der Waals surface area contributed by atoms with Gasteiger partial charge >= 0.3 is 0 Å². The van der Waals surface area contributed by atoms with E-state index in [9.17, 15) is 9.59 Å². The molecular weight excluding hydrogens is 238 g/mol. The molecule has 0 bridgehead atoms. The van der Waals surface area contributed by atoms with Gasteiger partial charge in [-0.15, -0.1) is 11.3 Å². The van der Waals surface area contributed by atoms with E-state index in [1.165, 1.54) is 11.3 Å². The predicted octanol–water partition coefficient (Wildman–Crippen LogP) is 1.17. The first kappa shape index (κ1) is 13.7. The maximum atomic E-state index is 12.0. The molecule has 2 amide bonds. The summed E-state index contributed by atoms with van der Waals surface area (Å²) in [6, 6.07) is 1.60. The Morgan fingerprint density at radius 3 is 2.65 bits per heavy atom. The van der Waals surface area contributed by atoms with Crippen LogP contribution in [0.15, 0.2) is 11.4 Å². The number of nitrogens with two attached hydrogens (primary N) is 1. The van der Waals surface area contributed by atoms with Gasteiger partial charge in [0, 0.05) is 0 Å². The first-order valence-electron chi connectivity index (χ1n) is 5.32. The Morgan fingerprint density at radius 2 is 2.12 bits per heavy atom. The number of rotatable bonds is 5. The number of likely N-dealkylation sites (N-methyl/N-ethyl adjacent to an activating group) is 1. The van der Waals surface area contributed by atoms with Crippen LogP contribution in [0.4, 0.5) is 5.00 Å². The van der Waals surface area contributed by atoms with Gasteiger partial charge in [-0.25, -0.2) is 0 Å². The van der Waals surface area contributed by atoms with Crippen LogP contribution >= 0.6 is 11.3 Å². The van der Waals surface area contributed by atoms with E-state index in [0.29, 0.717) is 17.1 Å². The molecule has 6 heteroatoms. The molecule has 1 aromatic heterocycles. The smallest absolute Gasteiger partial charge is 0.251 e. The van der Waals surface area contributed by atoms with E-state index in [1.807, 2.05) is 6.92 Å². The molecule has 0 radical (unpaired) electrons. The molecule has 94 valence electrons. The lowest BCUT2D eigenvalue weighted by molar-refractivity contribution is -0.121. The van der Waals surface area contributed by atoms with Crippen molar-refractivity contribution in [1.29, 1.82) is 0 Å². The number of hydrogen-bond acceptors (Lipinski definition) is 4. The monoisotopic (exact) mass is 255 g/mol. The molecule has 0 aliphatic rings. The number of primary amides is 1. The van der Waals surface area contributed by atoms with E-state index < -0.39 is 11.4 Å². The predicted molar refractivity (Wildman–Crippen MR) is 69.2 cm³/mol. The molecule has 1 heterocycles. The van der Waals surface area contributed by atoms with Crippen molar-refractivity contribution in [2.45, 2.75) is 26.3 Å². The fourth-order valence-corrected chi connectivity index (χ4v) is 2.17. The molecule has 0 fully saturated rings. The number of carbonyl (C=O) groups is 2. The lowest BCUT2D eigenvalue weighted by Gasteiger charge is -2.24. The van der Waals surface area contributed by atoms with Crippen molar-refractivity contribution in [3.63, 3.8) is 0 Å². The zero-order valence-electron chi connectivity index (χ0n) is 10.2. The lowest BCUT2D eigenvalue weighted by atomic mass is 10.0. The number of thiophene rings is 1. The zero-order chi connectivity index (χ0) is 13.1. The van der Waals surface area contributed by atoms with Gasteiger partial charge < -0.3 is 16.4 Å². The fraction of sp³-hybridized carbons (Fsp3) is 0.455. The fourth-order valence-electron chi connectivity index (χ4n) is 1.38. The van der Waals surface area contributed by atoms with Crippen LogP contribution in [0.5, 0.6) is 0 Å². The summed E-state index contributed by atoms with van der Waals surface area (Å²) < 4.78 is 0. The minimum absolute atomic E-state index is 0.190. The first-order valence-corrected chi connectivity index (χ1v) is 6.20. The highest BCUT2D eigenvalue weighted by Gasteiger charge is 2.27. The van der Waals surface area contributed by atoms with Crippen LogP contribution in [0.3, 0.4) is 0 Å². The highest BCUT2D eigenvalue weighted by Crippen LogP contribution is 2.23. The van der Waals surface area contributed by atoms with Crippen molar-refractivity contribution < 1.29 is 9.59 Å². The highest BCUT2D eigenvalue weighted by atomic mass is 32.1. The standard InChI is InChI=1S/C11H17N3O2S/c1-4-13-11(2,3)10(16)14-9-7(8(12)15)5-6-17-9/h5-6,13H,4H2,1-3H3,(H2,12,15)(H,14,16). The van der Waals surface area contributed by atoms with Crippen molar-refractivity contribution in [1.82, 2.24) is 5.32 Å². The van der Waals surface area contributed by atoms with Gasteiger partial charge in [-0.05, 0) is 31.8 Å². The van der Waals surface area contributed by atoms with E-state index in [0.717, 1.165) is 0 Å². The normalized spacial score (nSPS) is 11.2. The SMILES string of the molecule is CCNC(C)(C)C(=O)Nc1sccc1C(N)=O.